The SMILES string of the molecule is O=S(=O)(c1ccccc1)n1c(Cc2cc3ccccc3n2S(=O)(=O)c2ccccc2)cc2ccccc21. The largest absolute Gasteiger partial charge is 0.268 e. The summed E-state index contributed by atoms with van der Waals surface area (Å²) < 4.78 is 58.0. The molecule has 0 aliphatic carbocycles. The molecule has 0 fully saturated rings. The highest BCUT2D eigenvalue weighted by atomic mass is 32.2. The molecule has 2 heterocycles. The highest BCUT2D eigenvalue weighted by molar-refractivity contribution is 7.90. The van der Waals surface area contributed by atoms with Gasteiger partial charge in [0.05, 0.1) is 20.8 Å². The van der Waals surface area contributed by atoms with Crippen LogP contribution in [0.5, 0.6) is 0 Å². The number of nitrogens with zero attached hydrogens (tertiary/aromatic N) is 2. The van der Waals surface area contributed by atoms with Gasteiger partial charge < -0.3 is 0 Å². The van der Waals surface area contributed by atoms with Crippen LogP contribution in [0.15, 0.2) is 131 Å². The number of fused-ring (bicyclic) bond motifs is 2. The smallest absolute Gasteiger partial charge is 0.238 e. The van der Waals surface area contributed by atoms with E-state index in [0.717, 1.165) is 10.8 Å². The minimum Gasteiger partial charge on any atom is -0.238 e. The van der Waals surface area contributed by atoms with Gasteiger partial charge in [0.25, 0.3) is 20.0 Å². The zero-order valence-electron chi connectivity index (χ0n) is 19.6. The van der Waals surface area contributed by atoms with Gasteiger partial charge in [0.1, 0.15) is 0 Å². The molecule has 0 radical (unpaired) electrons. The monoisotopic (exact) mass is 526 g/mol. The first-order chi connectivity index (χ1) is 17.9. The predicted molar refractivity (Wildman–Crippen MR) is 145 cm³/mol. The van der Waals surface area contributed by atoms with Crippen molar-refractivity contribution in [3.63, 3.8) is 0 Å². The van der Waals surface area contributed by atoms with Crippen LogP contribution in [0.4, 0.5) is 0 Å². The predicted octanol–water partition coefficient (Wildman–Crippen LogP) is 5.66. The fourth-order valence-electron chi connectivity index (χ4n) is 4.77. The second kappa shape index (κ2) is 8.76. The summed E-state index contributed by atoms with van der Waals surface area (Å²) in [7, 11) is -7.89. The van der Waals surface area contributed by atoms with E-state index in [4.69, 9.17) is 0 Å². The lowest BCUT2D eigenvalue weighted by Crippen LogP contribution is -2.19. The van der Waals surface area contributed by atoms with Crippen molar-refractivity contribution in [2.24, 2.45) is 0 Å². The van der Waals surface area contributed by atoms with E-state index in [1.165, 1.54) is 7.94 Å². The molecule has 0 spiro atoms. The third-order valence-electron chi connectivity index (χ3n) is 6.40. The summed E-state index contributed by atoms with van der Waals surface area (Å²) in [5.74, 6) is 0. The van der Waals surface area contributed by atoms with E-state index in [1.807, 2.05) is 36.4 Å². The lowest BCUT2D eigenvalue weighted by molar-refractivity contribution is 0.587. The molecular weight excluding hydrogens is 504 g/mol. The lowest BCUT2D eigenvalue weighted by Gasteiger charge is -2.15. The lowest BCUT2D eigenvalue weighted by atomic mass is 10.2. The number of benzene rings is 4. The van der Waals surface area contributed by atoms with Crippen LogP contribution in [0.1, 0.15) is 11.4 Å². The molecule has 0 aliphatic heterocycles. The van der Waals surface area contributed by atoms with Crippen molar-refractivity contribution in [2.75, 3.05) is 0 Å². The highest BCUT2D eigenvalue weighted by Gasteiger charge is 2.27. The Morgan fingerprint density at radius 3 is 1.22 bits per heavy atom. The van der Waals surface area contributed by atoms with Crippen molar-refractivity contribution in [3.05, 3.63) is 133 Å². The van der Waals surface area contributed by atoms with Gasteiger partial charge in [-0.15, -0.1) is 0 Å². The number of hydrogen-bond donors (Lipinski definition) is 0. The van der Waals surface area contributed by atoms with Crippen LogP contribution in [0.3, 0.4) is 0 Å². The zero-order chi connectivity index (χ0) is 25.6. The van der Waals surface area contributed by atoms with Crippen LogP contribution in [0.2, 0.25) is 0 Å². The summed E-state index contributed by atoms with van der Waals surface area (Å²) in [6.07, 6.45) is 0.0848. The van der Waals surface area contributed by atoms with Crippen LogP contribution >= 0.6 is 0 Å². The van der Waals surface area contributed by atoms with Gasteiger partial charge in [0.15, 0.2) is 0 Å². The van der Waals surface area contributed by atoms with E-state index in [-0.39, 0.29) is 16.2 Å². The second-order valence-electron chi connectivity index (χ2n) is 8.73. The van der Waals surface area contributed by atoms with Gasteiger partial charge in [-0.2, -0.15) is 0 Å². The normalized spacial score (nSPS) is 12.3. The topological polar surface area (TPSA) is 78.1 Å². The Morgan fingerprint density at radius 1 is 0.459 bits per heavy atom. The molecule has 0 saturated heterocycles. The zero-order valence-corrected chi connectivity index (χ0v) is 21.2. The van der Waals surface area contributed by atoms with Crippen LogP contribution in [0.25, 0.3) is 21.8 Å². The average molecular weight is 527 g/mol. The average Bonchev–Trinajstić information content (AvgIpc) is 3.48. The van der Waals surface area contributed by atoms with Crippen molar-refractivity contribution in [1.82, 2.24) is 7.94 Å². The Labute approximate surface area is 215 Å². The Bertz CT molecular complexity index is 1830. The van der Waals surface area contributed by atoms with Gasteiger partial charge in [0, 0.05) is 28.6 Å². The number of hydrogen-bond acceptors (Lipinski definition) is 4. The molecular formula is C29H22N2O4S2. The molecule has 6 nitrogen and oxygen atoms in total. The van der Waals surface area contributed by atoms with E-state index in [9.17, 15) is 16.8 Å². The molecule has 0 saturated carbocycles. The van der Waals surface area contributed by atoms with E-state index >= 15 is 0 Å². The van der Waals surface area contributed by atoms with Gasteiger partial charge in [-0.05, 0) is 48.5 Å². The fraction of sp³-hybridized carbons (Fsp3) is 0.0345. The molecule has 0 unspecified atom stereocenters. The summed E-state index contributed by atoms with van der Waals surface area (Å²) in [5, 5.41) is 1.51. The Kier molecular flexibility index (Phi) is 5.51. The van der Waals surface area contributed by atoms with Gasteiger partial charge in [-0.1, -0.05) is 72.8 Å². The highest BCUT2D eigenvalue weighted by Crippen LogP contribution is 2.31. The molecule has 0 aliphatic rings. The fourth-order valence-corrected chi connectivity index (χ4v) is 7.90. The molecule has 0 atom stereocenters. The van der Waals surface area contributed by atoms with E-state index < -0.39 is 20.0 Å². The molecule has 0 bridgehead atoms. The molecule has 2 aromatic heterocycles. The second-order valence-corrected chi connectivity index (χ2v) is 12.3. The minimum atomic E-state index is -3.95. The number of aromatic nitrogens is 2. The van der Waals surface area contributed by atoms with Crippen molar-refractivity contribution in [2.45, 2.75) is 16.2 Å². The van der Waals surface area contributed by atoms with Gasteiger partial charge in [-0.25, -0.2) is 24.8 Å². The Morgan fingerprint density at radius 2 is 0.811 bits per heavy atom. The Hall–Kier alpha value is -4.14. The number of para-hydroxylation sites is 2. The van der Waals surface area contributed by atoms with Crippen LogP contribution in [0, 0.1) is 0 Å². The maximum Gasteiger partial charge on any atom is 0.268 e. The maximum atomic E-state index is 13.8. The van der Waals surface area contributed by atoms with Crippen LogP contribution < -0.4 is 0 Å². The summed E-state index contributed by atoms with van der Waals surface area (Å²) >= 11 is 0. The summed E-state index contributed by atoms with van der Waals surface area (Å²) in [6, 6.07) is 34.6. The molecule has 6 rings (SSSR count). The molecule has 184 valence electrons. The van der Waals surface area contributed by atoms with Crippen LogP contribution in [-0.4, -0.2) is 24.8 Å². The molecule has 6 aromatic rings. The van der Waals surface area contributed by atoms with Gasteiger partial charge in [-0.3, -0.25) is 0 Å². The van der Waals surface area contributed by atoms with Crippen molar-refractivity contribution in [3.8, 4) is 0 Å². The maximum absolute atomic E-state index is 13.8. The third kappa shape index (κ3) is 3.85. The molecule has 0 N–H and O–H groups in total. The third-order valence-corrected chi connectivity index (χ3v) is 9.96. The van der Waals surface area contributed by atoms with E-state index in [1.54, 1.807) is 84.9 Å². The first kappa shape index (κ1) is 23.3. The van der Waals surface area contributed by atoms with Crippen LogP contribution in [-0.2, 0) is 26.5 Å². The number of rotatable bonds is 6. The van der Waals surface area contributed by atoms with Gasteiger partial charge >= 0.3 is 0 Å². The molecule has 37 heavy (non-hydrogen) atoms. The molecule has 4 aromatic carbocycles. The van der Waals surface area contributed by atoms with Crippen molar-refractivity contribution in [1.29, 1.82) is 0 Å². The quantitative estimate of drug-likeness (QED) is 0.281. The molecule has 0 amide bonds. The summed E-state index contributed by atoms with van der Waals surface area (Å²) in [4.78, 5) is 0.324. The standard InChI is InChI=1S/C29H22N2O4S2/c32-36(33,26-13-3-1-4-14-26)30-24(19-22-11-7-9-17-28(22)30)21-25-20-23-12-8-10-18-29(23)31(25)37(34,35)27-15-5-2-6-16-27/h1-20H,21H2. The summed E-state index contributed by atoms with van der Waals surface area (Å²) in [6.45, 7) is 0. The Balaban J connectivity index is 1.60. The van der Waals surface area contributed by atoms with E-state index in [2.05, 4.69) is 0 Å². The van der Waals surface area contributed by atoms with E-state index in [0.29, 0.717) is 22.4 Å². The molecule has 8 heteroatoms. The summed E-state index contributed by atoms with van der Waals surface area (Å²) in [5.41, 5.74) is 2.01. The van der Waals surface area contributed by atoms with Crippen molar-refractivity contribution < 1.29 is 16.8 Å². The first-order valence-electron chi connectivity index (χ1n) is 11.7. The first-order valence-corrected chi connectivity index (χ1v) is 14.6. The van der Waals surface area contributed by atoms with Crippen molar-refractivity contribution >= 4 is 41.9 Å². The van der Waals surface area contributed by atoms with Gasteiger partial charge in [0.2, 0.25) is 0 Å². The minimum absolute atomic E-state index is 0.0848.